The summed E-state index contributed by atoms with van der Waals surface area (Å²) in [7, 11) is 3.64. The molecule has 46 heavy (non-hydrogen) atoms. The zero-order valence-electron chi connectivity index (χ0n) is 25.7. The van der Waals surface area contributed by atoms with E-state index < -0.39 is 6.09 Å². The van der Waals surface area contributed by atoms with Gasteiger partial charge in [-0.2, -0.15) is 4.98 Å². The summed E-state index contributed by atoms with van der Waals surface area (Å²) in [5, 5.41) is 2.77. The number of aliphatic imine (C=N–C) groups is 1. The van der Waals surface area contributed by atoms with Gasteiger partial charge >= 0.3 is 12.1 Å². The van der Waals surface area contributed by atoms with Crippen LogP contribution in [0.15, 0.2) is 108 Å². The molecule has 11 nitrogen and oxygen atoms in total. The van der Waals surface area contributed by atoms with Crippen LogP contribution in [-0.2, 0) is 22.7 Å². The molecule has 5 rings (SSSR count). The second-order valence-electron chi connectivity index (χ2n) is 10.5. The van der Waals surface area contributed by atoms with E-state index >= 15 is 0 Å². The van der Waals surface area contributed by atoms with E-state index in [9.17, 15) is 9.59 Å². The summed E-state index contributed by atoms with van der Waals surface area (Å²) in [4.78, 5) is 41.0. The minimum atomic E-state index is -0.494. The van der Waals surface area contributed by atoms with Crippen LogP contribution >= 0.6 is 0 Å². The number of carbonyl (C=O) groups is 2. The van der Waals surface area contributed by atoms with Gasteiger partial charge in [-0.25, -0.2) is 14.8 Å². The Balaban J connectivity index is 1.04. The van der Waals surface area contributed by atoms with Crippen molar-refractivity contribution in [2.24, 2.45) is 4.99 Å². The Hall–Kier alpha value is -5.97. The highest BCUT2D eigenvalue weighted by Gasteiger charge is 2.25. The third-order valence-electron chi connectivity index (χ3n) is 7.11. The number of ether oxygens (including phenoxy) is 2. The van der Waals surface area contributed by atoms with Crippen molar-refractivity contribution in [3.63, 3.8) is 0 Å². The maximum atomic E-state index is 12.7. The van der Waals surface area contributed by atoms with Gasteiger partial charge < -0.3 is 25.4 Å². The van der Waals surface area contributed by atoms with Crippen LogP contribution in [0, 0.1) is 0 Å². The lowest BCUT2D eigenvalue weighted by molar-refractivity contribution is -0.121. The van der Waals surface area contributed by atoms with Gasteiger partial charge in [0.05, 0.1) is 6.54 Å². The first kappa shape index (κ1) is 31.5. The average Bonchev–Trinajstić information content (AvgIpc) is 3.34. The van der Waals surface area contributed by atoms with E-state index in [2.05, 4.69) is 20.3 Å². The number of likely N-dealkylation sites (N-methyl/N-ethyl adjacent to an activating group) is 2. The van der Waals surface area contributed by atoms with Gasteiger partial charge in [0.1, 0.15) is 30.6 Å². The van der Waals surface area contributed by atoms with Gasteiger partial charge in [-0.05, 0) is 52.6 Å². The number of alkyl carbamates (subject to hydrolysis) is 1. The Labute approximate surface area is 267 Å². The normalized spacial score (nSPS) is 13.6. The third-order valence-corrected chi connectivity index (χ3v) is 7.11. The zero-order valence-corrected chi connectivity index (χ0v) is 25.7. The number of benzene rings is 3. The van der Waals surface area contributed by atoms with Crippen LogP contribution in [0.2, 0.25) is 0 Å². The molecule has 0 unspecified atom stereocenters. The molecule has 0 atom stereocenters. The predicted octanol–water partition coefficient (Wildman–Crippen LogP) is 4.93. The molecule has 3 aromatic carbocycles. The molecule has 0 saturated heterocycles. The van der Waals surface area contributed by atoms with Gasteiger partial charge in [-0.3, -0.25) is 9.69 Å². The molecule has 0 saturated carbocycles. The quantitative estimate of drug-likeness (QED) is 0.214. The first-order chi connectivity index (χ1) is 22.3. The molecular formula is C35H35N7O4. The molecule has 4 aromatic rings. The molecule has 3 N–H and O–H groups in total. The van der Waals surface area contributed by atoms with Gasteiger partial charge in [0.15, 0.2) is 0 Å². The number of aromatic nitrogens is 2. The van der Waals surface area contributed by atoms with Crippen LogP contribution in [0.4, 0.5) is 16.3 Å². The monoisotopic (exact) mass is 617 g/mol. The van der Waals surface area contributed by atoms with Crippen molar-refractivity contribution in [3.05, 3.63) is 125 Å². The van der Waals surface area contributed by atoms with Crippen molar-refractivity contribution in [2.45, 2.75) is 13.2 Å². The predicted molar refractivity (Wildman–Crippen MR) is 179 cm³/mol. The van der Waals surface area contributed by atoms with Crippen molar-refractivity contribution in [1.29, 1.82) is 0 Å². The molecule has 1 aliphatic rings. The Kier molecular flexibility index (Phi) is 10.4. The highest BCUT2D eigenvalue weighted by atomic mass is 16.5. The summed E-state index contributed by atoms with van der Waals surface area (Å²) in [6.45, 7) is 1.35. The molecule has 0 fully saturated rings. The Morgan fingerprint density at radius 1 is 0.957 bits per heavy atom. The van der Waals surface area contributed by atoms with E-state index in [4.69, 9.17) is 15.2 Å². The first-order valence-electron chi connectivity index (χ1n) is 14.7. The standard InChI is InChI=1S/C35H35N7O4/c1-41(20-21-45-35(44)38-23-27-8-10-28(11-9-27)24-46-34-37-19-18-31(36)40-34)29-15-12-26(13-16-29)22-30-33(43)42(2)32(39-30)17-14-25-6-4-3-5-7-25/h3-19,22H,20-21,23-24H2,1-2H3,(H,38,44)(H2,36,37,40)/b17-14+,30-22-. The van der Waals surface area contributed by atoms with Gasteiger partial charge in [-0.1, -0.05) is 72.8 Å². The smallest absolute Gasteiger partial charge is 0.407 e. The minimum absolute atomic E-state index is 0.156. The number of nitrogen functional groups attached to an aromatic ring is 1. The lowest BCUT2D eigenvalue weighted by Crippen LogP contribution is -2.28. The highest BCUT2D eigenvalue weighted by Crippen LogP contribution is 2.20. The highest BCUT2D eigenvalue weighted by molar-refractivity contribution is 6.18. The number of nitrogens with two attached hydrogens (primary N) is 1. The lowest BCUT2D eigenvalue weighted by Gasteiger charge is -2.19. The fraction of sp³-hybridized carbons (Fsp3) is 0.171. The molecule has 1 aliphatic heterocycles. The third kappa shape index (κ3) is 8.79. The van der Waals surface area contributed by atoms with Crippen molar-refractivity contribution in [3.8, 4) is 6.01 Å². The van der Waals surface area contributed by atoms with Crippen molar-refractivity contribution >= 4 is 41.5 Å². The van der Waals surface area contributed by atoms with E-state index in [1.165, 1.54) is 11.1 Å². The topological polar surface area (TPSA) is 135 Å². The summed E-state index contributed by atoms with van der Waals surface area (Å²) in [6, 6.07) is 27.1. The van der Waals surface area contributed by atoms with E-state index in [0.717, 1.165) is 27.9 Å². The van der Waals surface area contributed by atoms with Crippen molar-refractivity contribution in [1.82, 2.24) is 20.2 Å². The molecule has 0 radical (unpaired) electrons. The van der Waals surface area contributed by atoms with Crippen LogP contribution in [0.25, 0.3) is 12.2 Å². The van der Waals surface area contributed by atoms with Gasteiger partial charge in [0.25, 0.3) is 5.91 Å². The van der Waals surface area contributed by atoms with E-state index in [0.29, 0.717) is 37.0 Å². The summed E-state index contributed by atoms with van der Waals surface area (Å²) in [5.41, 5.74) is 10.7. The minimum Gasteiger partial charge on any atom is -0.459 e. The fourth-order valence-electron chi connectivity index (χ4n) is 4.44. The largest absolute Gasteiger partial charge is 0.459 e. The molecule has 2 heterocycles. The number of hydrogen-bond acceptors (Lipinski definition) is 9. The number of carbonyl (C=O) groups excluding carboxylic acids is 2. The maximum Gasteiger partial charge on any atom is 0.407 e. The van der Waals surface area contributed by atoms with Crippen LogP contribution in [0.1, 0.15) is 22.3 Å². The number of rotatable bonds is 12. The van der Waals surface area contributed by atoms with Gasteiger partial charge in [-0.15, -0.1) is 0 Å². The number of nitrogens with zero attached hydrogens (tertiary/aromatic N) is 5. The summed E-state index contributed by atoms with van der Waals surface area (Å²) in [5.74, 6) is 0.778. The summed E-state index contributed by atoms with van der Waals surface area (Å²) in [6.07, 6.45) is 6.59. The van der Waals surface area contributed by atoms with Crippen molar-refractivity contribution in [2.75, 3.05) is 37.9 Å². The molecule has 0 spiro atoms. The SMILES string of the molecule is CN1C(=O)/C(=C/c2ccc(N(C)CCOC(=O)NCc3ccc(COc4nccc(N)n4)cc3)cc2)N=C1/C=C/c1ccccc1. The lowest BCUT2D eigenvalue weighted by atomic mass is 10.1. The Bertz CT molecular complexity index is 1740. The van der Waals surface area contributed by atoms with E-state index in [-0.39, 0.29) is 18.5 Å². The maximum absolute atomic E-state index is 12.7. The number of nitrogens with one attached hydrogen (secondary N) is 1. The van der Waals surface area contributed by atoms with Gasteiger partial charge in [0.2, 0.25) is 0 Å². The molecule has 2 amide bonds. The van der Waals surface area contributed by atoms with Crippen molar-refractivity contribution < 1.29 is 19.1 Å². The van der Waals surface area contributed by atoms with Crippen LogP contribution in [-0.4, -0.2) is 60.0 Å². The second kappa shape index (κ2) is 15.2. The summed E-state index contributed by atoms with van der Waals surface area (Å²) < 4.78 is 10.9. The Morgan fingerprint density at radius 3 is 2.43 bits per heavy atom. The summed E-state index contributed by atoms with van der Waals surface area (Å²) >= 11 is 0. The Morgan fingerprint density at radius 2 is 1.70 bits per heavy atom. The number of hydrogen-bond donors (Lipinski definition) is 2. The second-order valence-corrected chi connectivity index (χ2v) is 10.5. The first-order valence-corrected chi connectivity index (χ1v) is 14.7. The molecular weight excluding hydrogens is 582 g/mol. The molecule has 234 valence electrons. The molecule has 11 heteroatoms. The van der Waals surface area contributed by atoms with Gasteiger partial charge in [0, 0.05) is 32.5 Å². The number of amidine groups is 1. The van der Waals surface area contributed by atoms with Crippen LogP contribution < -0.4 is 20.7 Å². The van der Waals surface area contributed by atoms with Crippen LogP contribution in [0.5, 0.6) is 6.01 Å². The van der Waals surface area contributed by atoms with Crippen LogP contribution in [0.3, 0.4) is 0 Å². The number of amides is 2. The van der Waals surface area contributed by atoms with E-state index in [1.807, 2.05) is 103 Å². The number of anilines is 2. The fourth-order valence-corrected chi connectivity index (χ4v) is 4.44. The zero-order chi connectivity index (χ0) is 32.3. The molecule has 0 aliphatic carbocycles. The van der Waals surface area contributed by atoms with E-state index in [1.54, 1.807) is 19.2 Å². The average molecular weight is 618 g/mol. The molecule has 1 aromatic heterocycles. The molecule has 0 bridgehead atoms.